The number of nitrogens with one attached hydrogen (secondary N) is 2. The number of nitriles is 2. The number of nitrogens with two attached hydrogens (primary N) is 1. The van der Waals surface area contributed by atoms with Crippen molar-refractivity contribution in [3.05, 3.63) is 209 Å². The topological polar surface area (TPSA) is 264 Å². The molecule has 0 aliphatic rings. The maximum absolute atomic E-state index is 12.8. The van der Waals surface area contributed by atoms with Gasteiger partial charge in [-0.15, -0.1) is 0 Å². The fourth-order valence-electron chi connectivity index (χ4n) is 7.21. The fourth-order valence-corrected chi connectivity index (χ4v) is 7.65. The molecule has 0 amide bonds. The largest absolute Gasteiger partial charge is 0.478 e. The van der Waals surface area contributed by atoms with Crippen molar-refractivity contribution in [2.45, 2.75) is 47.1 Å². The number of hydrogen-bond donors (Lipinski definition) is 4. The Labute approximate surface area is 417 Å². The molecule has 4 aromatic carbocycles. The third-order valence-corrected chi connectivity index (χ3v) is 11.2. The molecule has 0 saturated heterocycles. The highest BCUT2D eigenvalue weighted by atomic mass is 35.5. The van der Waals surface area contributed by atoms with Crippen LogP contribution in [0.3, 0.4) is 0 Å². The van der Waals surface area contributed by atoms with Crippen LogP contribution >= 0.6 is 23.2 Å². The average molecular weight is 989 g/mol. The Kier molecular flexibility index (Phi) is 17.4. The molecule has 16 nitrogen and oxygen atoms in total. The van der Waals surface area contributed by atoms with Gasteiger partial charge in [0.1, 0.15) is 58.9 Å². The number of carboxylic acids is 1. The molecule has 0 saturated carbocycles. The molecule has 0 aliphatic heterocycles. The van der Waals surface area contributed by atoms with Crippen LogP contribution < -0.4 is 26.3 Å². The van der Waals surface area contributed by atoms with Crippen LogP contribution in [-0.2, 0) is 13.0 Å². The Balaban J connectivity index is 0.000000198. The summed E-state index contributed by atoms with van der Waals surface area (Å²) in [6.45, 7) is 7.74. The van der Waals surface area contributed by atoms with Gasteiger partial charge in [-0.3, -0.25) is 14.4 Å². The number of ether oxygens (including phenoxy) is 2. The Morgan fingerprint density at radius 2 is 1.11 bits per heavy atom. The van der Waals surface area contributed by atoms with E-state index in [-0.39, 0.29) is 44.7 Å². The first kappa shape index (κ1) is 51.6. The number of H-pyrrole nitrogens is 2. The standard InChI is InChI=1S/C27H21ClN4O3.C18H10ClN3O3.C8H12N2O/c1-16-12-17(2)32-27(34)19(16)7-8-24(33)18-6-9-26(22(28)13-18)35-25-5-3-4-20(21(25)14-29)23-10-11-30-15-31-23;19-14-8-11(18(23)24)4-5-17(14)25-16-3-1-2-12(13(16)9-20)15-6-7-21-10-22-15;1-5-3-6(2)10-8(11)7(5)4-9/h3-6,9-13,15H,7-8H2,1-2H3,(H,32,34);1-8,10H,(H,23,24);3H,4,9H2,1-2H3,(H,10,11). The molecule has 0 bridgehead atoms. The minimum absolute atomic E-state index is 0.0487. The van der Waals surface area contributed by atoms with Crippen molar-refractivity contribution >= 4 is 35.0 Å². The maximum atomic E-state index is 12.8. The zero-order valence-corrected chi connectivity index (χ0v) is 40.1. The highest BCUT2D eigenvalue weighted by molar-refractivity contribution is 6.32. The summed E-state index contributed by atoms with van der Waals surface area (Å²) in [6.07, 6.45) is 6.48. The number of aromatic amines is 2. The summed E-state index contributed by atoms with van der Waals surface area (Å²) in [6, 6.07) is 30.7. The number of nitrogens with zero attached hydrogens (tertiary/aromatic N) is 6. The van der Waals surface area contributed by atoms with E-state index in [0.717, 1.165) is 22.5 Å². The van der Waals surface area contributed by atoms with E-state index in [9.17, 15) is 29.7 Å². The van der Waals surface area contributed by atoms with Crippen molar-refractivity contribution in [2.75, 3.05) is 0 Å². The highest BCUT2D eigenvalue weighted by Gasteiger charge is 2.18. The van der Waals surface area contributed by atoms with E-state index in [2.05, 4.69) is 42.0 Å². The molecule has 18 heteroatoms. The van der Waals surface area contributed by atoms with Gasteiger partial charge >= 0.3 is 5.97 Å². The van der Waals surface area contributed by atoms with E-state index >= 15 is 0 Å². The molecule has 0 atom stereocenters. The van der Waals surface area contributed by atoms with Crippen LogP contribution in [0.2, 0.25) is 10.0 Å². The molecule has 8 aromatic rings. The van der Waals surface area contributed by atoms with Gasteiger partial charge in [0.15, 0.2) is 5.78 Å². The number of carbonyl (C=O) groups is 2. The van der Waals surface area contributed by atoms with E-state index in [1.165, 1.54) is 36.9 Å². The van der Waals surface area contributed by atoms with Crippen molar-refractivity contribution < 1.29 is 24.2 Å². The van der Waals surface area contributed by atoms with E-state index in [0.29, 0.717) is 80.5 Å². The molecule has 5 N–H and O–H groups in total. The minimum atomic E-state index is -1.09. The Bertz CT molecular complexity index is 3460. The lowest BCUT2D eigenvalue weighted by Gasteiger charge is -2.12. The molecule has 0 spiro atoms. The molecule has 0 aliphatic carbocycles. The number of rotatable bonds is 12. The predicted octanol–water partition coefficient (Wildman–Crippen LogP) is 10.2. The lowest BCUT2D eigenvalue weighted by molar-refractivity contribution is 0.0696. The molecule has 0 unspecified atom stereocenters. The molecule has 71 heavy (non-hydrogen) atoms. The number of carboxylic acid groups (broad SMARTS) is 1. The van der Waals surface area contributed by atoms with Crippen LogP contribution in [0, 0.1) is 50.4 Å². The van der Waals surface area contributed by atoms with Gasteiger partial charge in [-0.25, -0.2) is 24.7 Å². The van der Waals surface area contributed by atoms with Gasteiger partial charge in [0.2, 0.25) is 0 Å². The number of pyridine rings is 2. The number of aromatic carboxylic acids is 1. The van der Waals surface area contributed by atoms with Gasteiger partial charge in [0, 0.05) is 64.6 Å². The maximum Gasteiger partial charge on any atom is 0.335 e. The highest BCUT2D eigenvalue weighted by Crippen LogP contribution is 2.37. The summed E-state index contributed by atoms with van der Waals surface area (Å²) in [5, 5.41) is 28.6. The fraction of sp³-hybridized carbons (Fsp3) is 0.132. The summed E-state index contributed by atoms with van der Waals surface area (Å²) in [4.78, 5) is 68.7. The van der Waals surface area contributed by atoms with Gasteiger partial charge in [-0.2, -0.15) is 10.5 Å². The number of hydrogen-bond acceptors (Lipinski definition) is 13. The van der Waals surface area contributed by atoms with Crippen LogP contribution in [0.1, 0.15) is 71.9 Å². The second-order valence-electron chi connectivity index (χ2n) is 15.6. The van der Waals surface area contributed by atoms with Crippen LogP contribution in [-0.4, -0.2) is 46.8 Å². The summed E-state index contributed by atoms with van der Waals surface area (Å²) < 4.78 is 11.7. The molecular weight excluding hydrogens is 946 g/mol. The molecular formula is C53H43Cl2N9O7. The zero-order chi connectivity index (χ0) is 51.2. The Morgan fingerprint density at radius 3 is 1.52 bits per heavy atom. The Morgan fingerprint density at radius 1 is 0.648 bits per heavy atom. The van der Waals surface area contributed by atoms with Gasteiger partial charge < -0.3 is 30.3 Å². The first-order valence-corrected chi connectivity index (χ1v) is 22.3. The van der Waals surface area contributed by atoms with Gasteiger partial charge in [-0.05, 0) is 118 Å². The number of Topliss-reactive ketones (excluding diaryl/α,β-unsaturated/α-hetero) is 1. The smallest absolute Gasteiger partial charge is 0.335 e. The number of halogens is 2. The summed E-state index contributed by atoms with van der Waals surface area (Å²) >= 11 is 12.5. The quantitative estimate of drug-likeness (QED) is 0.0830. The van der Waals surface area contributed by atoms with E-state index in [1.807, 2.05) is 39.8 Å². The van der Waals surface area contributed by atoms with Gasteiger partial charge in [-0.1, -0.05) is 47.5 Å². The zero-order valence-electron chi connectivity index (χ0n) is 38.6. The lowest BCUT2D eigenvalue weighted by atomic mass is 10.0. The summed E-state index contributed by atoms with van der Waals surface area (Å²) in [5.41, 5.74) is 13.4. The van der Waals surface area contributed by atoms with Crippen molar-refractivity contribution in [3.63, 3.8) is 0 Å². The molecule has 4 heterocycles. The first-order valence-electron chi connectivity index (χ1n) is 21.5. The van der Waals surface area contributed by atoms with Crippen molar-refractivity contribution in [3.8, 4) is 57.7 Å². The lowest BCUT2D eigenvalue weighted by Crippen LogP contribution is -2.18. The van der Waals surface area contributed by atoms with E-state index in [1.54, 1.807) is 73.1 Å². The second-order valence-corrected chi connectivity index (χ2v) is 16.4. The number of aromatic nitrogens is 6. The molecule has 0 fully saturated rings. The third-order valence-electron chi connectivity index (χ3n) is 10.7. The van der Waals surface area contributed by atoms with E-state index in [4.69, 9.17) is 43.5 Å². The van der Waals surface area contributed by atoms with Crippen LogP contribution in [0.5, 0.6) is 23.0 Å². The van der Waals surface area contributed by atoms with Crippen LogP contribution in [0.15, 0.2) is 132 Å². The van der Waals surface area contributed by atoms with Crippen LogP contribution in [0.4, 0.5) is 0 Å². The number of benzene rings is 4. The van der Waals surface area contributed by atoms with Gasteiger partial charge in [0.25, 0.3) is 11.1 Å². The second kappa shape index (κ2) is 24.0. The molecule has 4 aromatic heterocycles. The summed E-state index contributed by atoms with van der Waals surface area (Å²) in [5.74, 6) is -0.0474. The molecule has 8 rings (SSSR count). The summed E-state index contributed by atoms with van der Waals surface area (Å²) in [7, 11) is 0. The normalized spacial score (nSPS) is 10.3. The predicted molar refractivity (Wildman–Crippen MR) is 268 cm³/mol. The number of ketones is 1. The average Bonchev–Trinajstić information content (AvgIpc) is 3.35. The van der Waals surface area contributed by atoms with Gasteiger partial charge in [0.05, 0.1) is 27.0 Å². The van der Waals surface area contributed by atoms with Crippen molar-refractivity contribution in [2.24, 2.45) is 5.73 Å². The van der Waals surface area contributed by atoms with Crippen LogP contribution in [0.25, 0.3) is 22.5 Å². The number of aryl methyl sites for hydroxylation is 4. The first-order chi connectivity index (χ1) is 34.1. The van der Waals surface area contributed by atoms with Crippen molar-refractivity contribution in [1.82, 2.24) is 29.9 Å². The molecule has 356 valence electrons. The Hall–Kier alpha value is -8.80. The van der Waals surface area contributed by atoms with E-state index < -0.39 is 5.97 Å². The van der Waals surface area contributed by atoms with Crippen molar-refractivity contribution in [1.29, 1.82) is 10.5 Å². The molecule has 0 radical (unpaired) electrons. The monoisotopic (exact) mass is 987 g/mol. The third kappa shape index (κ3) is 13.1. The number of carbonyl (C=O) groups excluding carboxylic acids is 1. The minimum Gasteiger partial charge on any atom is -0.478 e. The SMILES string of the molecule is Cc1cc(C)c(CCC(=O)c2ccc(Oc3cccc(-c4ccncn4)c3C#N)c(Cl)c2)c(=O)[nH]1.Cc1cc(C)c(CN)c(=O)[nH]1.N#Cc1c(Oc2ccc(C(=O)O)cc2Cl)cccc1-c1ccncn1.